The van der Waals surface area contributed by atoms with Gasteiger partial charge in [-0.15, -0.1) is 0 Å². The summed E-state index contributed by atoms with van der Waals surface area (Å²) in [6, 6.07) is 3.74. The lowest BCUT2D eigenvalue weighted by molar-refractivity contribution is 0.302. The molecule has 3 aliphatic carbocycles. The van der Waals surface area contributed by atoms with Gasteiger partial charge in [-0.25, -0.2) is 13.2 Å². The maximum atomic E-state index is 15.1. The molecule has 1 aromatic rings. The van der Waals surface area contributed by atoms with Crippen LogP contribution < -0.4 is 0 Å². The van der Waals surface area contributed by atoms with E-state index < -0.39 is 11.6 Å². The minimum atomic E-state index is -0.614. The van der Waals surface area contributed by atoms with Crippen LogP contribution in [0.3, 0.4) is 0 Å². The van der Waals surface area contributed by atoms with E-state index in [2.05, 4.69) is 19.9 Å². The first-order valence-corrected chi connectivity index (χ1v) is 13.7. The Morgan fingerprint density at radius 2 is 1.41 bits per heavy atom. The Bertz CT molecular complexity index is 909. The molecule has 0 spiro atoms. The molecule has 1 aromatic carbocycles. The molecule has 4 rings (SSSR count). The van der Waals surface area contributed by atoms with Crippen LogP contribution in [0, 0.1) is 29.4 Å². The molecule has 0 aliphatic heterocycles. The lowest BCUT2D eigenvalue weighted by Crippen LogP contribution is -2.17. The zero-order valence-electron chi connectivity index (χ0n) is 21.0. The molecular weight excluding hydrogens is 429 g/mol. The summed E-state index contributed by atoms with van der Waals surface area (Å²) in [5.41, 5.74) is 1.84. The van der Waals surface area contributed by atoms with Crippen LogP contribution in [-0.2, 0) is 0 Å². The molecule has 0 radical (unpaired) electrons. The Morgan fingerprint density at radius 3 is 1.94 bits per heavy atom. The number of hydrogen-bond donors (Lipinski definition) is 0. The highest BCUT2D eigenvalue weighted by atomic mass is 19.2. The quantitative estimate of drug-likeness (QED) is 0.372. The van der Waals surface area contributed by atoms with Crippen LogP contribution in [-0.4, -0.2) is 0 Å². The molecule has 2 saturated carbocycles. The zero-order valence-corrected chi connectivity index (χ0v) is 21.0. The molecule has 0 N–H and O–H groups in total. The third kappa shape index (κ3) is 5.89. The largest absolute Gasteiger partial charge is 0.207 e. The van der Waals surface area contributed by atoms with Gasteiger partial charge in [0.15, 0.2) is 11.6 Å². The lowest BCUT2D eigenvalue weighted by Gasteiger charge is -2.30. The molecule has 0 nitrogen and oxygen atoms in total. The van der Waals surface area contributed by atoms with Gasteiger partial charge in [0, 0.05) is 5.57 Å². The van der Waals surface area contributed by atoms with Crippen molar-refractivity contribution in [2.75, 3.05) is 0 Å². The van der Waals surface area contributed by atoms with Gasteiger partial charge in [-0.2, -0.15) is 0 Å². The maximum absolute atomic E-state index is 15.1. The third-order valence-electron chi connectivity index (χ3n) is 8.71. The fourth-order valence-corrected chi connectivity index (χ4v) is 6.42. The second-order valence-electron chi connectivity index (χ2n) is 10.9. The van der Waals surface area contributed by atoms with Crippen LogP contribution in [0.5, 0.6) is 0 Å². The first-order valence-electron chi connectivity index (χ1n) is 13.7. The van der Waals surface area contributed by atoms with Crippen molar-refractivity contribution in [2.45, 2.75) is 103 Å². The highest BCUT2D eigenvalue weighted by Crippen LogP contribution is 2.42. The molecular formula is C31H41F3. The molecule has 0 saturated heterocycles. The summed E-state index contributed by atoms with van der Waals surface area (Å²) >= 11 is 0. The van der Waals surface area contributed by atoms with Gasteiger partial charge in [0.1, 0.15) is 5.83 Å². The number of rotatable bonds is 7. The van der Waals surface area contributed by atoms with Crippen molar-refractivity contribution in [1.82, 2.24) is 0 Å². The molecule has 2 fully saturated rings. The van der Waals surface area contributed by atoms with Crippen molar-refractivity contribution in [3.8, 4) is 0 Å². The summed E-state index contributed by atoms with van der Waals surface area (Å²) in [5.74, 6) is 0.350. The van der Waals surface area contributed by atoms with Gasteiger partial charge in [0.25, 0.3) is 0 Å². The van der Waals surface area contributed by atoms with Crippen LogP contribution in [0.15, 0.2) is 47.8 Å². The van der Waals surface area contributed by atoms with Crippen LogP contribution in [0.4, 0.5) is 13.2 Å². The Morgan fingerprint density at radius 1 is 0.824 bits per heavy atom. The molecule has 0 unspecified atom stereocenters. The van der Waals surface area contributed by atoms with Crippen molar-refractivity contribution >= 4 is 0 Å². The summed E-state index contributed by atoms with van der Waals surface area (Å²) < 4.78 is 44.5. The standard InChI is InChI=1S/C31H41F3/c1-3-5-22-7-12-24(13-8-22)27-18-19-28(31(34)30(27)33)25-14-9-23(10-15-25)11-17-26-16-6-21(4-2)20-29(26)32/h11,16-25H,3-10,12-15H2,1-2H3/b17-11+/t21-,22?,23?,24?,25?/m0/s1. The highest BCUT2D eigenvalue weighted by Gasteiger charge is 2.29. The van der Waals surface area contributed by atoms with E-state index in [-0.39, 0.29) is 17.7 Å². The van der Waals surface area contributed by atoms with Gasteiger partial charge in [-0.3, -0.25) is 0 Å². The van der Waals surface area contributed by atoms with Gasteiger partial charge in [-0.1, -0.05) is 57.0 Å². The molecule has 3 aliphatic rings. The fourth-order valence-electron chi connectivity index (χ4n) is 6.42. The van der Waals surface area contributed by atoms with Crippen LogP contribution in [0.2, 0.25) is 0 Å². The highest BCUT2D eigenvalue weighted by molar-refractivity contribution is 5.39. The van der Waals surface area contributed by atoms with Crippen molar-refractivity contribution in [3.63, 3.8) is 0 Å². The van der Waals surface area contributed by atoms with Crippen LogP contribution in [0.1, 0.15) is 114 Å². The topological polar surface area (TPSA) is 0 Å². The van der Waals surface area contributed by atoms with E-state index in [1.807, 2.05) is 24.3 Å². The molecule has 186 valence electrons. The number of hydrogen-bond acceptors (Lipinski definition) is 0. The van der Waals surface area contributed by atoms with Crippen molar-refractivity contribution < 1.29 is 13.2 Å². The summed E-state index contributed by atoms with van der Waals surface area (Å²) in [7, 11) is 0. The number of benzene rings is 1. The van der Waals surface area contributed by atoms with E-state index in [0.717, 1.165) is 70.1 Å². The van der Waals surface area contributed by atoms with Crippen molar-refractivity contribution in [1.29, 1.82) is 0 Å². The average molecular weight is 471 g/mol. The van der Waals surface area contributed by atoms with Crippen molar-refractivity contribution in [2.24, 2.45) is 17.8 Å². The molecule has 1 atom stereocenters. The lowest BCUT2D eigenvalue weighted by atomic mass is 9.75. The van der Waals surface area contributed by atoms with E-state index in [9.17, 15) is 4.39 Å². The second-order valence-corrected chi connectivity index (χ2v) is 10.9. The van der Waals surface area contributed by atoms with Crippen molar-refractivity contribution in [3.05, 3.63) is 70.6 Å². The molecule has 0 bridgehead atoms. The normalized spacial score (nSPS) is 30.3. The Balaban J connectivity index is 1.33. The second kappa shape index (κ2) is 11.8. The monoisotopic (exact) mass is 470 g/mol. The van der Waals surface area contributed by atoms with Gasteiger partial charge >= 0.3 is 0 Å². The predicted octanol–water partition coefficient (Wildman–Crippen LogP) is 10.1. The molecule has 0 heterocycles. The minimum absolute atomic E-state index is 0.0735. The predicted molar refractivity (Wildman–Crippen MR) is 135 cm³/mol. The summed E-state index contributed by atoms with van der Waals surface area (Å²) in [4.78, 5) is 0. The van der Waals surface area contributed by atoms with Crippen LogP contribution in [0.25, 0.3) is 0 Å². The Hall–Kier alpha value is -1.77. The Kier molecular flexibility index (Phi) is 8.77. The number of allylic oxidation sites excluding steroid dienone is 6. The first-order chi connectivity index (χ1) is 16.5. The van der Waals surface area contributed by atoms with Crippen LogP contribution >= 0.6 is 0 Å². The SMILES string of the molecule is CCCC1CCC(c2ccc(C3CCC(/C=C/C4=CC[C@H](CC)C=C4F)CC3)c(F)c2F)CC1. The van der Waals surface area contributed by atoms with E-state index in [0.29, 0.717) is 28.5 Å². The maximum Gasteiger partial charge on any atom is 0.162 e. The van der Waals surface area contributed by atoms with Gasteiger partial charge in [-0.05, 0) is 111 Å². The average Bonchev–Trinajstić information content (AvgIpc) is 2.86. The summed E-state index contributed by atoms with van der Waals surface area (Å²) in [5, 5.41) is 0. The first kappa shape index (κ1) is 25.3. The third-order valence-corrected chi connectivity index (χ3v) is 8.71. The minimum Gasteiger partial charge on any atom is -0.207 e. The van der Waals surface area contributed by atoms with E-state index >= 15 is 8.78 Å². The van der Waals surface area contributed by atoms with E-state index in [1.54, 1.807) is 6.08 Å². The molecule has 3 heteroatoms. The van der Waals surface area contributed by atoms with Gasteiger partial charge in [0.2, 0.25) is 0 Å². The smallest absolute Gasteiger partial charge is 0.162 e. The Labute approximate surface area is 204 Å². The van der Waals surface area contributed by atoms with E-state index in [1.165, 1.54) is 12.8 Å². The molecule has 34 heavy (non-hydrogen) atoms. The fraction of sp³-hybridized carbons (Fsp3) is 0.613. The number of halogens is 3. The van der Waals surface area contributed by atoms with Gasteiger partial charge < -0.3 is 0 Å². The van der Waals surface area contributed by atoms with E-state index in [4.69, 9.17) is 0 Å². The summed E-state index contributed by atoms with van der Waals surface area (Å²) in [6.07, 6.45) is 19.9. The summed E-state index contributed by atoms with van der Waals surface area (Å²) in [6.45, 7) is 4.30. The molecule has 0 aromatic heterocycles. The zero-order chi connectivity index (χ0) is 24.1. The van der Waals surface area contributed by atoms with Gasteiger partial charge in [0.05, 0.1) is 0 Å². The molecule has 0 amide bonds.